The maximum Gasteiger partial charge on any atom is 0.263 e. The molecule has 0 unspecified atom stereocenters. The Morgan fingerprint density at radius 2 is 1.63 bits per heavy atom. The van der Waals surface area contributed by atoms with Crippen molar-refractivity contribution in [2.45, 2.75) is 11.8 Å². The number of carbonyl (C=O) groups excluding carboxylic acids is 1. The molecule has 3 aromatic carbocycles. The Kier molecular flexibility index (Phi) is 6.59. The molecule has 0 radical (unpaired) electrons. The minimum absolute atomic E-state index is 0.0535. The standard InChI is InChI=1S/C21H18ClFN2O4S/c1-2-29-18-10-8-16(9-11-18)24-21(26)14-3-12-19(22)20(13-14)30(27,28)25-17-6-4-15(23)5-7-17/h3-13,25H,2H2,1H3,(H,24,26). The van der Waals surface area contributed by atoms with Gasteiger partial charge in [-0.3, -0.25) is 9.52 Å². The van der Waals surface area contributed by atoms with Crippen LogP contribution in [0, 0.1) is 5.82 Å². The minimum Gasteiger partial charge on any atom is -0.494 e. The summed E-state index contributed by atoms with van der Waals surface area (Å²) in [5.41, 5.74) is 0.789. The van der Waals surface area contributed by atoms with Crippen LogP contribution in [0.25, 0.3) is 0 Å². The van der Waals surface area contributed by atoms with Gasteiger partial charge in [0, 0.05) is 16.9 Å². The molecular weight excluding hydrogens is 431 g/mol. The fourth-order valence-electron chi connectivity index (χ4n) is 2.58. The van der Waals surface area contributed by atoms with Crippen molar-refractivity contribution in [1.29, 1.82) is 0 Å². The molecule has 6 nitrogen and oxygen atoms in total. The van der Waals surface area contributed by atoms with Crippen LogP contribution >= 0.6 is 11.6 Å². The number of rotatable bonds is 7. The van der Waals surface area contributed by atoms with Gasteiger partial charge < -0.3 is 10.1 Å². The van der Waals surface area contributed by atoms with E-state index < -0.39 is 21.7 Å². The van der Waals surface area contributed by atoms with Crippen molar-refractivity contribution in [1.82, 2.24) is 0 Å². The number of hydrogen-bond donors (Lipinski definition) is 2. The first-order valence-electron chi connectivity index (χ1n) is 8.90. The maximum absolute atomic E-state index is 13.0. The number of sulfonamides is 1. The zero-order valence-electron chi connectivity index (χ0n) is 15.9. The first-order chi connectivity index (χ1) is 14.3. The fourth-order valence-corrected chi connectivity index (χ4v) is 4.17. The van der Waals surface area contributed by atoms with Gasteiger partial charge in [-0.15, -0.1) is 0 Å². The van der Waals surface area contributed by atoms with Crippen LogP contribution in [0.1, 0.15) is 17.3 Å². The number of ether oxygens (including phenoxy) is 1. The number of amides is 1. The predicted octanol–water partition coefficient (Wildman–Crippen LogP) is 4.93. The molecule has 156 valence electrons. The van der Waals surface area contributed by atoms with Crippen LogP contribution in [0.2, 0.25) is 5.02 Å². The second-order valence-corrected chi connectivity index (χ2v) is 8.23. The quantitative estimate of drug-likeness (QED) is 0.536. The summed E-state index contributed by atoms with van der Waals surface area (Å²) in [6.45, 7) is 2.40. The molecule has 0 atom stereocenters. The third kappa shape index (κ3) is 5.28. The Morgan fingerprint density at radius 1 is 1.00 bits per heavy atom. The third-order valence-electron chi connectivity index (χ3n) is 4.00. The highest BCUT2D eigenvalue weighted by Gasteiger charge is 2.20. The number of hydrogen-bond acceptors (Lipinski definition) is 4. The molecule has 0 bridgehead atoms. The van der Waals surface area contributed by atoms with Gasteiger partial charge in [-0.05, 0) is 73.7 Å². The van der Waals surface area contributed by atoms with E-state index in [1.807, 2.05) is 6.92 Å². The van der Waals surface area contributed by atoms with E-state index in [0.717, 1.165) is 12.1 Å². The van der Waals surface area contributed by atoms with E-state index in [4.69, 9.17) is 16.3 Å². The van der Waals surface area contributed by atoms with Gasteiger partial charge in [-0.2, -0.15) is 0 Å². The zero-order chi connectivity index (χ0) is 21.7. The van der Waals surface area contributed by atoms with Crippen molar-refractivity contribution in [3.63, 3.8) is 0 Å². The molecule has 0 aliphatic heterocycles. The van der Waals surface area contributed by atoms with Crippen molar-refractivity contribution < 1.29 is 22.3 Å². The fraction of sp³-hybridized carbons (Fsp3) is 0.0952. The molecule has 0 fully saturated rings. The van der Waals surface area contributed by atoms with Crippen LogP contribution in [0.5, 0.6) is 5.75 Å². The Balaban J connectivity index is 1.81. The van der Waals surface area contributed by atoms with E-state index in [1.165, 1.54) is 30.3 Å². The van der Waals surface area contributed by atoms with Crippen LogP contribution in [-0.2, 0) is 10.0 Å². The van der Waals surface area contributed by atoms with Crippen molar-refractivity contribution in [3.05, 3.63) is 83.1 Å². The molecule has 0 aliphatic rings. The summed E-state index contributed by atoms with van der Waals surface area (Å²) >= 11 is 6.06. The van der Waals surface area contributed by atoms with Crippen LogP contribution in [0.15, 0.2) is 71.6 Å². The number of anilines is 2. The molecule has 0 aliphatic carbocycles. The van der Waals surface area contributed by atoms with Crippen LogP contribution in [0.3, 0.4) is 0 Å². The minimum atomic E-state index is -4.10. The van der Waals surface area contributed by atoms with Crippen LogP contribution in [-0.4, -0.2) is 20.9 Å². The molecule has 0 saturated carbocycles. The lowest BCUT2D eigenvalue weighted by Crippen LogP contribution is -2.16. The Labute approximate surface area is 178 Å². The average Bonchev–Trinajstić information content (AvgIpc) is 2.71. The smallest absolute Gasteiger partial charge is 0.263 e. The first kappa shape index (κ1) is 21.6. The zero-order valence-corrected chi connectivity index (χ0v) is 17.4. The molecule has 30 heavy (non-hydrogen) atoms. The average molecular weight is 449 g/mol. The predicted molar refractivity (Wildman–Crippen MR) is 114 cm³/mol. The highest BCUT2D eigenvalue weighted by molar-refractivity contribution is 7.92. The molecule has 9 heteroatoms. The number of benzene rings is 3. The molecule has 3 rings (SSSR count). The molecule has 2 N–H and O–H groups in total. The SMILES string of the molecule is CCOc1ccc(NC(=O)c2ccc(Cl)c(S(=O)(=O)Nc3ccc(F)cc3)c2)cc1. The monoisotopic (exact) mass is 448 g/mol. The summed E-state index contributed by atoms with van der Waals surface area (Å²) in [6, 6.07) is 15.5. The molecule has 1 amide bonds. The number of halogens is 2. The van der Waals surface area contributed by atoms with Gasteiger partial charge >= 0.3 is 0 Å². The van der Waals surface area contributed by atoms with Gasteiger partial charge in [0.25, 0.3) is 15.9 Å². The summed E-state index contributed by atoms with van der Waals surface area (Å²) < 4.78 is 46.1. The van der Waals surface area contributed by atoms with Crippen molar-refractivity contribution >= 4 is 38.9 Å². The second-order valence-electron chi connectivity index (χ2n) is 6.17. The lowest BCUT2D eigenvalue weighted by molar-refractivity contribution is 0.102. The summed E-state index contributed by atoms with van der Waals surface area (Å²) in [5.74, 6) is -0.333. The van der Waals surface area contributed by atoms with E-state index in [-0.39, 0.29) is 21.2 Å². The van der Waals surface area contributed by atoms with Gasteiger partial charge in [0.2, 0.25) is 0 Å². The topological polar surface area (TPSA) is 84.5 Å². The molecule has 0 heterocycles. The lowest BCUT2D eigenvalue weighted by Gasteiger charge is -2.12. The van der Waals surface area contributed by atoms with E-state index in [1.54, 1.807) is 24.3 Å². The molecule has 3 aromatic rings. The van der Waals surface area contributed by atoms with E-state index in [9.17, 15) is 17.6 Å². The van der Waals surface area contributed by atoms with Gasteiger partial charge in [-0.1, -0.05) is 11.6 Å². The summed E-state index contributed by atoms with van der Waals surface area (Å²) in [6.07, 6.45) is 0. The highest BCUT2D eigenvalue weighted by atomic mass is 35.5. The molecule has 0 saturated heterocycles. The van der Waals surface area contributed by atoms with Crippen molar-refractivity contribution in [2.24, 2.45) is 0 Å². The highest BCUT2D eigenvalue weighted by Crippen LogP contribution is 2.26. The molecular formula is C21H18ClFN2O4S. The summed E-state index contributed by atoms with van der Waals surface area (Å²) in [4.78, 5) is 12.3. The largest absolute Gasteiger partial charge is 0.494 e. The lowest BCUT2D eigenvalue weighted by atomic mass is 10.2. The van der Waals surface area contributed by atoms with Gasteiger partial charge in [0.05, 0.1) is 11.6 Å². The maximum atomic E-state index is 13.0. The summed E-state index contributed by atoms with van der Waals surface area (Å²) in [7, 11) is -4.10. The Hall–Kier alpha value is -3.10. The second kappa shape index (κ2) is 9.15. The van der Waals surface area contributed by atoms with E-state index >= 15 is 0 Å². The number of nitrogens with one attached hydrogen (secondary N) is 2. The van der Waals surface area contributed by atoms with Crippen molar-refractivity contribution in [3.8, 4) is 5.75 Å². The van der Waals surface area contributed by atoms with E-state index in [2.05, 4.69) is 10.0 Å². The Bertz CT molecular complexity index is 1150. The molecule has 0 spiro atoms. The van der Waals surface area contributed by atoms with Gasteiger partial charge in [-0.25, -0.2) is 12.8 Å². The first-order valence-corrected chi connectivity index (χ1v) is 10.8. The van der Waals surface area contributed by atoms with Gasteiger partial charge in [0.1, 0.15) is 16.5 Å². The Morgan fingerprint density at radius 3 is 2.27 bits per heavy atom. The molecule has 0 aromatic heterocycles. The summed E-state index contributed by atoms with van der Waals surface area (Å²) in [5, 5.41) is 2.63. The normalized spacial score (nSPS) is 11.0. The third-order valence-corrected chi connectivity index (χ3v) is 5.87. The number of carbonyl (C=O) groups is 1. The van der Waals surface area contributed by atoms with Crippen molar-refractivity contribution in [2.75, 3.05) is 16.6 Å². The van der Waals surface area contributed by atoms with E-state index in [0.29, 0.717) is 18.0 Å². The van der Waals surface area contributed by atoms with Gasteiger partial charge in [0.15, 0.2) is 0 Å². The van der Waals surface area contributed by atoms with Crippen LogP contribution < -0.4 is 14.8 Å². The van der Waals surface area contributed by atoms with Crippen LogP contribution in [0.4, 0.5) is 15.8 Å².